The highest BCUT2D eigenvalue weighted by Gasteiger charge is 2.26. The van der Waals surface area contributed by atoms with Crippen molar-refractivity contribution in [2.24, 2.45) is 0 Å². The van der Waals surface area contributed by atoms with Crippen molar-refractivity contribution in [2.45, 2.75) is 50.9 Å². The zero-order chi connectivity index (χ0) is 21.7. The molecule has 0 aliphatic carbocycles. The molecule has 0 spiro atoms. The molecule has 1 saturated heterocycles. The summed E-state index contributed by atoms with van der Waals surface area (Å²) in [6.07, 6.45) is 8.05. The normalized spacial score (nSPS) is 18.4. The molecule has 6 rings (SSSR count). The first-order chi connectivity index (χ1) is 15.7. The number of aryl methyl sites for hydroxylation is 3. The van der Waals surface area contributed by atoms with Crippen LogP contribution in [0.2, 0.25) is 0 Å². The Hall–Kier alpha value is -2.16. The molecule has 0 bridgehead atoms. The number of hydrogen-bond acceptors (Lipinski definition) is 6. The summed E-state index contributed by atoms with van der Waals surface area (Å²) in [5, 5.41) is 3.11. The molecule has 0 amide bonds. The van der Waals surface area contributed by atoms with E-state index in [0.29, 0.717) is 0 Å². The smallest absolute Gasteiger partial charge is 0.257 e. The molecule has 0 radical (unpaired) electrons. The number of fused-ring (bicyclic) bond motifs is 3. The van der Waals surface area contributed by atoms with Crippen molar-refractivity contribution in [2.75, 3.05) is 25.4 Å². The number of likely N-dealkylation sites (tertiary alicyclic amines) is 1. The molecule has 3 aliphatic heterocycles. The van der Waals surface area contributed by atoms with E-state index in [1.807, 2.05) is 29.0 Å². The Bertz CT molecular complexity index is 1210. The van der Waals surface area contributed by atoms with Gasteiger partial charge in [0.2, 0.25) is 0 Å². The third-order valence-electron chi connectivity index (χ3n) is 7.01. The Morgan fingerprint density at radius 2 is 2.00 bits per heavy atom. The molecule has 0 N–H and O–H groups in total. The van der Waals surface area contributed by atoms with Crippen LogP contribution in [0.5, 0.6) is 0 Å². The first kappa shape index (κ1) is 20.4. The van der Waals surface area contributed by atoms with E-state index < -0.39 is 0 Å². The first-order valence-corrected chi connectivity index (χ1v) is 13.3. The quantitative estimate of drug-likeness (QED) is 0.553. The van der Waals surface area contributed by atoms with Crippen LogP contribution in [0.15, 0.2) is 39.4 Å². The summed E-state index contributed by atoms with van der Waals surface area (Å²) in [5.74, 6) is 2.10. The van der Waals surface area contributed by atoms with Gasteiger partial charge in [0.15, 0.2) is 5.16 Å². The van der Waals surface area contributed by atoms with E-state index in [0.717, 1.165) is 86.4 Å². The van der Waals surface area contributed by atoms with Gasteiger partial charge in [0.05, 0.1) is 0 Å². The highest BCUT2D eigenvalue weighted by atomic mass is 32.2. The Morgan fingerprint density at radius 1 is 1.12 bits per heavy atom. The molecule has 3 aliphatic rings. The maximum atomic E-state index is 12.9. The maximum absolute atomic E-state index is 12.9. The molecule has 0 unspecified atom stereocenters. The number of thiophene rings is 1. The van der Waals surface area contributed by atoms with Crippen molar-refractivity contribution in [1.29, 1.82) is 0 Å². The molecule has 3 aromatic rings. The molecular formula is C24H27N5OS2. The van der Waals surface area contributed by atoms with Crippen LogP contribution in [0, 0.1) is 6.92 Å². The zero-order valence-corrected chi connectivity index (χ0v) is 20.0. The second-order valence-electron chi connectivity index (χ2n) is 8.80. The largest absolute Gasteiger partial charge is 0.331 e. The lowest BCUT2D eigenvalue weighted by molar-refractivity contribution is 0.259. The summed E-state index contributed by atoms with van der Waals surface area (Å²) in [7, 11) is 0. The summed E-state index contributed by atoms with van der Waals surface area (Å²) in [5.41, 5.74) is 6.36. The van der Waals surface area contributed by atoms with Gasteiger partial charge in [-0.3, -0.25) is 9.36 Å². The van der Waals surface area contributed by atoms with Gasteiger partial charge in [-0.15, -0.1) is 11.3 Å². The van der Waals surface area contributed by atoms with Crippen LogP contribution in [0.25, 0.3) is 5.57 Å². The van der Waals surface area contributed by atoms with E-state index in [-0.39, 0.29) is 5.56 Å². The average molecular weight is 466 g/mol. The Morgan fingerprint density at radius 3 is 2.88 bits per heavy atom. The molecular weight excluding hydrogens is 438 g/mol. The van der Waals surface area contributed by atoms with Crippen LogP contribution in [0.3, 0.4) is 0 Å². The SMILES string of the molecule is Cc1nc2n(c(=O)c1CCN1CCC(=C3c4sccc4CCn4ccnc43)CC1)CCS2. The van der Waals surface area contributed by atoms with Gasteiger partial charge < -0.3 is 9.47 Å². The van der Waals surface area contributed by atoms with Crippen LogP contribution in [-0.4, -0.2) is 49.4 Å². The molecule has 8 heteroatoms. The number of hydrogen-bond donors (Lipinski definition) is 0. The number of rotatable bonds is 3. The van der Waals surface area contributed by atoms with Gasteiger partial charge in [-0.2, -0.15) is 0 Å². The van der Waals surface area contributed by atoms with Gasteiger partial charge in [0.1, 0.15) is 5.82 Å². The minimum Gasteiger partial charge on any atom is -0.331 e. The first-order valence-electron chi connectivity index (χ1n) is 11.4. The second-order valence-corrected chi connectivity index (χ2v) is 10.8. The molecule has 0 saturated carbocycles. The number of nitrogens with zero attached hydrogens (tertiary/aromatic N) is 5. The van der Waals surface area contributed by atoms with Gasteiger partial charge in [0.25, 0.3) is 5.56 Å². The highest BCUT2D eigenvalue weighted by Crippen LogP contribution is 2.38. The molecule has 0 atom stereocenters. The van der Waals surface area contributed by atoms with E-state index in [1.165, 1.54) is 21.6 Å². The lowest BCUT2D eigenvalue weighted by Gasteiger charge is -2.29. The van der Waals surface area contributed by atoms with Crippen molar-refractivity contribution in [3.63, 3.8) is 0 Å². The summed E-state index contributed by atoms with van der Waals surface area (Å²) >= 11 is 3.55. The van der Waals surface area contributed by atoms with Crippen LogP contribution in [0.1, 0.15) is 40.4 Å². The third-order valence-corrected chi connectivity index (χ3v) is 8.94. The lowest BCUT2D eigenvalue weighted by atomic mass is 9.94. The molecule has 1 fully saturated rings. The van der Waals surface area contributed by atoms with Gasteiger partial charge in [-0.25, -0.2) is 9.97 Å². The minimum atomic E-state index is 0.174. The predicted octanol–water partition coefficient (Wildman–Crippen LogP) is 3.61. The molecule has 3 aromatic heterocycles. The number of aromatic nitrogens is 4. The highest BCUT2D eigenvalue weighted by molar-refractivity contribution is 7.99. The van der Waals surface area contributed by atoms with Crippen molar-refractivity contribution >= 4 is 28.7 Å². The number of piperidine rings is 1. The van der Waals surface area contributed by atoms with Crippen molar-refractivity contribution in [3.8, 4) is 0 Å². The van der Waals surface area contributed by atoms with Gasteiger partial charge in [-0.05, 0) is 49.6 Å². The summed E-state index contributed by atoms with van der Waals surface area (Å²) < 4.78 is 4.18. The maximum Gasteiger partial charge on any atom is 0.257 e. The molecule has 6 nitrogen and oxygen atoms in total. The second kappa shape index (κ2) is 8.32. The molecule has 32 heavy (non-hydrogen) atoms. The summed E-state index contributed by atoms with van der Waals surface area (Å²) in [6, 6.07) is 2.28. The van der Waals surface area contributed by atoms with Crippen LogP contribution < -0.4 is 5.56 Å². The fourth-order valence-corrected chi connectivity index (χ4v) is 7.23. The number of thioether (sulfide) groups is 1. The minimum absolute atomic E-state index is 0.174. The summed E-state index contributed by atoms with van der Waals surface area (Å²) in [4.78, 5) is 26.3. The van der Waals surface area contributed by atoms with E-state index in [4.69, 9.17) is 4.98 Å². The van der Waals surface area contributed by atoms with E-state index in [2.05, 4.69) is 32.1 Å². The predicted molar refractivity (Wildman–Crippen MR) is 130 cm³/mol. The van der Waals surface area contributed by atoms with Crippen molar-refractivity contribution in [1.82, 2.24) is 24.0 Å². The van der Waals surface area contributed by atoms with Crippen LogP contribution in [-0.2, 0) is 25.9 Å². The van der Waals surface area contributed by atoms with Crippen molar-refractivity contribution in [3.05, 3.63) is 67.3 Å². The molecule has 0 aromatic carbocycles. The third kappa shape index (κ3) is 3.49. The fraction of sp³-hybridized carbons (Fsp3) is 0.458. The van der Waals surface area contributed by atoms with Crippen LogP contribution >= 0.6 is 23.1 Å². The van der Waals surface area contributed by atoms with Crippen LogP contribution in [0.4, 0.5) is 0 Å². The average Bonchev–Trinajstić information content (AvgIpc) is 3.54. The van der Waals surface area contributed by atoms with E-state index >= 15 is 0 Å². The van der Waals surface area contributed by atoms with Gasteiger partial charge in [-0.1, -0.05) is 17.3 Å². The van der Waals surface area contributed by atoms with E-state index in [1.54, 1.807) is 11.8 Å². The van der Waals surface area contributed by atoms with Gasteiger partial charge in [0, 0.05) is 72.6 Å². The molecule has 166 valence electrons. The summed E-state index contributed by atoms with van der Waals surface area (Å²) in [6.45, 7) is 6.78. The van der Waals surface area contributed by atoms with Crippen molar-refractivity contribution < 1.29 is 0 Å². The zero-order valence-electron chi connectivity index (χ0n) is 18.3. The number of imidazole rings is 1. The Kier molecular flexibility index (Phi) is 5.31. The Balaban J connectivity index is 1.20. The fourth-order valence-electron chi connectivity index (χ4n) is 5.20. The molecule has 6 heterocycles. The monoisotopic (exact) mass is 465 g/mol. The van der Waals surface area contributed by atoms with E-state index in [9.17, 15) is 4.79 Å². The lowest BCUT2D eigenvalue weighted by Crippen LogP contribution is -2.35. The van der Waals surface area contributed by atoms with Gasteiger partial charge >= 0.3 is 0 Å². The Labute approximate surface area is 196 Å². The topological polar surface area (TPSA) is 56.0 Å². The standard InChI is InChI=1S/C24H27N5OS2/c1-16-19(23(30)29-13-15-32-24(29)26-16)5-10-27-8-2-17(3-9-27)20-21-18(6-14-31-21)4-11-28-12-7-25-22(20)28/h6-7,12,14H,2-5,8-11,13,15H2,1H3.